The molecule has 3 heteroatoms. The van der Waals surface area contributed by atoms with Gasteiger partial charge in [0.15, 0.2) is 0 Å². The van der Waals surface area contributed by atoms with Gasteiger partial charge in [0, 0.05) is 24.4 Å². The summed E-state index contributed by atoms with van der Waals surface area (Å²) in [6.07, 6.45) is 10.9. The summed E-state index contributed by atoms with van der Waals surface area (Å²) in [6, 6.07) is 6.48. The smallest absolute Gasteiger partial charge is 0.0419 e. The first kappa shape index (κ1) is 14.5. The predicted molar refractivity (Wildman–Crippen MR) is 79.4 cm³/mol. The topological polar surface area (TPSA) is 50.9 Å². The summed E-state index contributed by atoms with van der Waals surface area (Å²) in [4.78, 5) is 4.41. The molecule has 1 aliphatic carbocycles. The predicted octanol–water partition coefficient (Wildman–Crippen LogP) is 3.06. The molecule has 3 N–H and O–H groups in total. The second kappa shape index (κ2) is 7.61. The van der Waals surface area contributed by atoms with Crippen LogP contribution in [0.4, 0.5) is 0 Å². The minimum Gasteiger partial charge on any atom is -0.271 e. The minimum absolute atomic E-state index is 0.373. The van der Waals surface area contributed by atoms with Crippen LogP contribution in [-0.4, -0.2) is 11.0 Å². The molecule has 0 aromatic carbocycles. The van der Waals surface area contributed by atoms with Gasteiger partial charge in [0.1, 0.15) is 0 Å². The second-order valence-electron chi connectivity index (χ2n) is 5.87. The Morgan fingerprint density at radius 2 is 2.11 bits per heavy atom. The molecule has 3 nitrogen and oxygen atoms in total. The highest BCUT2D eigenvalue weighted by Gasteiger charge is 2.26. The van der Waals surface area contributed by atoms with E-state index in [0.29, 0.717) is 12.0 Å². The molecule has 0 bridgehead atoms. The van der Waals surface area contributed by atoms with Gasteiger partial charge in [-0.15, -0.1) is 0 Å². The van der Waals surface area contributed by atoms with Crippen LogP contribution in [-0.2, 0) is 6.42 Å². The van der Waals surface area contributed by atoms with E-state index < -0.39 is 0 Å². The van der Waals surface area contributed by atoms with Crippen LogP contribution < -0.4 is 11.3 Å². The number of hydrogen-bond donors (Lipinski definition) is 2. The van der Waals surface area contributed by atoms with E-state index in [1.165, 1.54) is 38.5 Å². The molecule has 19 heavy (non-hydrogen) atoms. The van der Waals surface area contributed by atoms with E-state index in [2.05, 4.69) is 23.4 Å². The average Bonchev–Trinajstić information content (AvgIpc) is 2.47. The molecule has 1 saturated carbocycles. The van der Waals surface area contributed by atoms with Crippen LogP contribution in [0.2, 0.25) is 0 Å². The molecule has 0 saturated heterocycles. The first-order valence-electron chi connectivity index (χ1n) is 7.69. The van der Waals surface area contributed by atoms with E-state index in [1.807, 2.05) is 18.3 Å². The Morgan fingerprint density at radius 1 is 1.32 bits per heavy atom. The molecule has 0 aliphatic heterocycles. The maximum absolute atomic E-state index is 5.77. The van der Waals surface area contributed by atoms with Gasteiger partial charge in [-0.05, 0) is 36.8 Å². The Labute approximate surface area is 117 Å². The van der Waals surface area contributed by atoms with Crippen molar-refractivity contribution in [3.63, 3.8) is 0 Å². The maximum Gasteiger partial charge on any atom is 0.0419 e. The van der Waals surface area contributed by atoms with Crippen molar-refractivity contribution in [3.05, 3.63) is 30.1 Å². The van der Waals surface area contributed by atoms with Crippen molar-refractivity contribution in [1.29, 1.82) is 0 Å². The monoisotopic (exact) mass is 261 g/mol. The van der Waals surface area contributed by atoms with Crippen LogP contribution in [0.5, 0.6) is 0 Å². The highest BCUT2D eigenvalue weighted by atomic mass is 15.2. The number of nitrogens with two attached hydrogens (primary N) is 1. The van der Waals surface area contributed by atoms with E-state index in [0.717, 1.165) is 18.0 Å². The van der Waals surface area contributed by atoms with Crippen molar-refractivity contribution in [1.82, 2.24) is 10.4 Å². The van der Waals surface area contributed by atoms with Crippen LogP contribution in [0.3, 0.4) is 0 Å². The van der Waals surface area contributed by atoms with E-state index >= 15 is 0 Å². The quantitative estimate of drug-likeness (QED) is 0.611. The zero-order valence-electron chi connectivity index (χ0n) is 12.0. The minimum atomic E-state index is 0.373. The van der Waals surface area contributed by atoms with Gasteiger partial charge in [0.25, 0.3) is 0 Å². The van der Waals surface area contributed by atoms with Crippen LogP contribution in [0, 0.1) is 11.8 Å². The lowest BCUT2D eigenvalue weighted by Crippen LogP contribution is -2.43. The fraction of sp³-hybridized carbons (Fsp3) is 0.688. The second-order valence-corrected chi connectivity index (χ2v) is 5.87. The van der Waals surface area contributed by atoms with Gasteiger partial charge in [0.05, 0.1) is 0 Å². The Bertz CT molecular complexity index is 344. The zero-order chi connectivity index (χ0) is 13.5. The molecule has 0 amide bonds. The standard InChI is InChI=1S/C16H27N3/c1-2-5-13-7-9-14(10-8-13)16(19-17)12-15-6-3-4-11-18-15/h3-4,6,11,13-14,16,19H,2,5,7-10,12,17H2,1H3. The van der Waals surface area contributed by atoms with Crippen molar-refractivity contribution in [2.75, 3.05) is 0 Å². The Balaban J connectivity index is 1.85. The molecule has 1 unspecified atom stereocenters. The van der Waals surface area contributed by atoms with E-state index in [9.17, 15) is 0 Å². The first-order valence-corrected chi connectivity index (χ1v) is 7.69. The molecule has 1 aromatic heterocycles. The fourth-order valence-corrected chi connectivity index (χ4v) is 3.39. The lowest BCUT2D eigenvalue weighted by Gasteiger charge is -2.33. The van der Waals surface area contributed by atoms with Crippen molar-refractivity contribution < 1.29 is 0 Å². The highest BCUT2D eigenvalue weighted by Crippen LogP contribution is 2.33. The molecule has 1 fully saturated rings. The SMILES string of the molecule is CCCC1CCC(C(Cc2ccccn2)NN)CC1. The van der Waals surface area contributed by atoms with Gasteiger partial charge >= 0.3 is 0 Å². The summed E-state index contributed by atoms with van der Waals surface area (Å²) in [5.41, 5.74) is 4.17. The molecule has 0 radical (unpaired) electrons. The normalized spacial score (nSPS) is 25.2. The molecule has 1 aromatic rings. The van der Waals surface area contributed by atoms with E-state index in [4.69, 9.17) is 5.84 Å². The lowest BCUT2D eigenvalue weighted by molar-refractivity contribution is 0.212. The molecule has 0 spiro atoms. The molecular formula is C16H27N3. The van der Waals surface area contributed by atoms with Crippen LogP contribution >= 0.6 is 0 Å². The van der Waals surface area contributed by atoms with E-state index in [-0.39, 0.29) is 0 Å². The maximum atomic E-state index is 5.77. The third kappa shape index (κ3) is 4.29. The van der Waals surface area contributed by atoms with Crippen LogP contribution in [0.15, 0.2) is 24.4 Å². The van der Waals surface area contributed by atoms with Gasteiger partial charge in [-0.2, -0.15) is 0 Å². The van der Waals surface area contributed by atoms with Crippen LogP contribution in [0.1, 0.15) is 51.1 Å². The molecular weight excluding hydrogens is 234 g/mol. The summed E-state index contributed by atoms with van der Waals surface area (Å²) in [7, 11) is 0. The van der Waals surface area contributed by atoms with E-state index in [1.54, 1.807) is 0 Å². The number of nitrogens with zero attached hydrogens (tertiary/aromatic N) is 1. The highest BCUT2D eigenvalue weighted by molar-refractivity contribution is 5.06. The number of pyridine rings is 1. The number of rotatable bonds is 6. The Hall–Kier alpha value is -0.930. The zero-order valence-corrected chi connectivity index (χ0v) is 12.0. The molecule has 106 valence electrons. The van der Waals surface area contributed by atoms with Crippen molar-refractivity contribution in [2.45, 2.75) is 57.9 Å². The number of nitrogens with one attached hydrogen (secondary N) is 1. The fourth-order valence-electron chi connectivity index (χ4n) is 3.39. The Morgan fingerprint density at radius 3 is 2.68 bits per heavy atom. The number of hydrazine groups is 1. The van der Waals surface area contributed by atoms with Gasteiger partial charge in [-0.1, -0.05) is 38.7 Å². The molecule has 2 rings (SSSR count). The Kier molecular flexibility index (Phi) is 5.80. The van der Waals surface area contributed by atoms with Crippen molar-refractivity contribution in [3.8, 4) is 0 Å². The lowest BCUT2D eigenvalue weighted by atomic mass is 9.76. The van der Waals surface area contributed by atoms with Gasteiger partial charge < -0.3 is 0 Å². The number of hydrogen-bond acceptors (Lipinski definition) is 3. The summed E-state index contributed by atoms with van der Waals surface area (Å²) >= 11 is 0. The summed E-state index contributed by atoms with van der Waals surface area (Å²) < 4.78 is 0. The van der Waals surface area contributed by atoms with Crippen molar-refractivity contribution in [2.24, 2.45) is 17.7 Å². The van der Waals surface area contributed by atoms with Crippen molar-refractivity contribution >= 4 is 0 Å². The number of aromatic nitrogens is 1. The molecule has 1 atom stereocenters. The van der Waals surface area contributed by atoms with Crippen LogP contribution in [0.25, 0.3) is 0 Å². The summed E-state index contributed by atoms with van der Waals surface area (Å²) in [6.45, 7) is 2.29. The summed E-state index contributed by atoms with van der Waals surface area (Å²) in [5.74, 6) is 7.43. The largest absolute Gasteiger partial charge is 0.271 e. The third-order valence-corrected chi connectivity index (χ3v) is 4.53. The van der Waals surface area contributed by atoms with Gasteiger partial charge in [-0.25, -0.2) is 0 Å². The molecule has 1 aliphatic rings. The average molecular weight is 261 g/mol. The third-order valence-electron chi connectivity index (χ3n) is 4.53. The van der Waals surface area contributed by atoms with Gasteiger partial charge in [-0.3, -0.25) is 16.3 Å². The summed E-state index contributed by atoms with van der Waals surface area (Å²) in [5, 5.41) is 0. The van der Waals surface area contributed by atoms with Gasteiger partial charge in [0.2, 0.25) is 0 Å². The first-order chi connectivity index (χ1) is 9.33. The molecule has 1 heterocycles.